The Balaban J connectivity index is 1.56. The molecule has 8 nitrogen and oxygen atoms in total. The highest BCUT2D eigenvalue weighted by Gasteiger charge is 2.23. The van der Waals surface area contributed by atoms with Crippen molar-refractivity contribution in [1.29, 1.82) is 0 Å². The minimum Gasteiger partial charge on any atom is -0.458 e. The van der Waals surface area contributed by atoms with Crippen molar-refractivity contribution in [3.8, 4) is 22.1 Å². The van der Waals surface area contributed by atoms with E-state index in [9.17, 15) is 9.18 Å². The molecular formula is C26H28FN3O5S. The average molecular weight is 514 g/mol. The molecule has 0 saturated carbocycles. The Morgan fingerprint density at radius 3 is 2.69 bits per heavy atom. The van der Waals surface area contributed by atoms with Crippen LogP contribution in [0, 0.1) is 5.82 Å². The highest BCUT2D eigenvalue weighted by Crippen LogP contribution is 2.40. The smallest absolute Gasteiger partial charge is 0.410 e. The van der Waals surface area contributed by atoms with Crippen LogP contribution < -0.4 is 10.5 Å². The van der Waals surface area contributed by atoms with Crippen molar-refractivity contribution in [2.75, 3.05) is 26.0 Å². The summed E-state index contributed by atoms with van der Waals surface area (Å²) in [5.41, 5.74) is 6.02. The predicted octanol–water partition coefficient (Wildman–Crippen LogP) is 6.45. The monoisotopic (exact) mass is 513 g/mol. The first-order valence-electron chi connectivity index (χ1n) is 11.3. The maximum absolute atomic E-state index is 14.3. The summed E-state index contributed by atoms with van der Waals surface area (Å²) >= 11 is 1.41. The second-order valence-corrected chi connectivity index (χ2v) is 10.1. The number of furan rings is 1. The van der Waals surface area contributed by atoms with E-state index in [1.165, 1.54) is 28.4 Å². The minimum atomic E-state index is -0.615. The zero-order valence-electron chi connectivity index (χ0n) is 20.5. The van der Waals surface area contributed by atoms with E-state index in [1.54, 1.807) is 25.4 Å². The van der Waals surface area contributed by atoms with E-state index in [2.05, 4.69) is 4.98 Å². The van der Waals surface area contributed by atoms with Crippen LogP contribution in [-0.2, 0) is 16.0 Å². The van der Waals surface area contributed by atoms with Gasteiger partial charge in [0.05, 0.1) is 28.2 Å². The van der Waals surface area contributed by atoms with Gasteiger partial charge in [0, 0.05) is 37.7 Å². The number of aromatic nitrogens is 1. The lowest BCUT2D eigenvalue weighted by molar-refractivity contribution is 0.0171. The van der Waals surface area contributed by atoms with Crippen LogP contribution in [0.4, 0.5) is 14.9 Å². The number of anilines is 1. The number of thiophene rings is 1. The van der Waals surface area contributed by atoms with Gasteiger partial charge in [-0.2, -0.15) is 0 Å². The first-order valence-corrected chi connectivity index (χ1v) is 12.1. The number of methoxy groups -OCH3 is 1. The molecule has 0 saturated heterocycles. The Morgan fingerprint density at radius 2 is 1.97 bits per heavy atom. The van der Waals surface area contributed by atoms with Gasteiger partial charge in [-0.1, -0.05) is 0 Å². The standard InChI is InChI=1S/C26H28FN3O5S/c1-26(2,3)35-25(31)30(11-12-32-4)15-17-6-8-21(33-17)23-14-19-24(36-23)22(9-10-29-19)34-20-7-5-16(28)13-18(20)27/h5-10,13-14H,11-12,15,28H2,1-4H3. The van der Waals surface area contributed by atoms with Crippen LogP contribution in [0.15, 0.2) is 53.1 Å². The molecule has 190 valence electrons. The lowest BCUT2D eigenvalue weighted by Gasteiger charge is -2.26. The van der Waals surface area contributed by atoms with Gasteiger partial charge in [-0.25, -0.2) is 9.18 Å². The maximum Gasteiger partial charge on any atom is 0.410 e. The number of rotatable bonds is 8. The van der Waals surface area contributed by atoms with Crippen molar-refractivity contribution in [3.63, 3.8) is 0 Å². The number of nitrogen functional groups attached to an aromatic ring is 1. The van der Waals surface area contributed by atoms with Crippen LogP contribution >= 0.6 is 11.3 Å². The Bertz CT molecular complexity index is 1360. The quantitative estimate of drug-likeness (QED) is 0.270. The molecule has 0 radical (unpaired) electrons. The molecule has 0 bridgehead atoms. The Morgan fingerprint density at radius 1 is 1.17 bits per heavy atom. The van der Waals surface area contributed by atoms with E-state index in [1.807, 2.05) is 39.0 Å². The average Bonchev–Trinajstić information content (AvgIpc) is 3.44. The summed E-state index contributed by atoms with van der Waals surface area (Å²) in [5.74, 6) is 1.22. The minimum absolute atomic E-state index is 0.0743. The van der Waals surface area contributed by atoms with E-state index in [-0.39, 0.29) is 12.3 Å². The van der Waals surface area contributed by atoms with Crippen LogP contribution in [-0.4, -0.2) is 41.8 Å². The topological polar surface area (TPSA) is 100 Å². The molecule has 3 aromatic heterocycles. The molecule has 0 fully saturated rings. The van der Waals surface area contributed by atoms with Gasteiger partial charge in [0.1, 0.15) is 22.9 Å². The first kappa shape index (κ1) is 25.5. The van der Waals surface area contributed by atoms with Crippen molar-refractivity contribution >= 4 is 33.3 Å². The lowest BCUT2D eigenvalue weighted by Crippen LogP contribution is -2.38. The van der Waals surface area contributed by atoms with Gasteiger partial charge in [-0.3, -0.25) is 9.88 Å². The van der Waals surface area contributed by atoms with Crippen molar-refractivity contribution in [2.45, 2.75) is 32.9 Å². The van der Waals surface area contributed by atoms with Gasteiger partial charge < -0.3 is 24.4 Å². The zero-order valence-corrected chi connectivity index (χ0v) is 21.4. The molecule has 4 aromatic rings. The summed E-state index contributed by atoms with van der Waals surface area (Å²) in [6.45, 7) is 6.41. The van der Waals surface area contributed by atoms with Gasteiger partial charge in [0.25, 0.3) is 0 Å². The number of pyridine rings is 1. The molecule has 36 heavy (non-hydrogen) atoms. The van der Waals surface area contributed by atoms with Gasteiger partial charge in [-0.05, 0) is 51.1 Å². The van der Waals surface area contributed by atoms with Crippen LogP contribution in [0.2, 0.25) is 0 Å². The number of carbonyl (C=O) groups excluding carboxylic acids is 1. The summed E-state index contributed by atoms with van der Waals surface area (Å²) in [6.07, 6.45) is 1.16. The third kappa shape index (κ3) is 6.13. The third-order valence-corrected chi connectivity index (χ3v) is 6.17. The summed E-state index contributed by atoms with van der Waals surface area (Å²) < 4.78 is 37.5. The molecule has 0 aliphatic rings. The number of carbonyl (C=O) groups is 1. The molecule has 3 heterocycles. The van der Waals surface area contributed by atoms with E-state index < -0.39 is 17.5 Å². The van der Waals surface area contributed by atoms with E-state index in [0.717, 1.165) is 9.58 Å². The van der Waals surface area contributed by atoms with Gasteiger partial charge in [0.15, 0.2) is 11.6 Å². The molecule has 0 unspecified atom stereocenters. The van der Waals surface area contributed by atoms with Crippen molar-refractivity contribution in [3.05, 3.63) is 60.2 Å². The summed E-state index contributed by atoms with van der Waals surface area (Å²) in [6, 6.07) is 11.5. The number of hydrogen-bond acceptors (Lipinski definition) is 8. The Labute approximate surface area is 212 Å². The number of amides is 1. The fourth-order valence-electron chi connectivity index (χ4n) is 3.38. The molecular weight excluding hydrogens is 485 g/mol. The molecule has 2 N–H and O–H groups in total. The van der Waals surface area contributed by atoms with Gasteiger partial charge in [0.2, 0.25) is 0 Å². The van der Waals surface area contributed by atoms with Crippen molar-refractivity contribution < 1.29 is 27.8 Å². The number of fused-ring (bicyclic) bond motifs is 1. The van der Waals surface area contributed by atoms with Crippen molar-refractivity contribution in [1.82, 2.24) is 9.88 Å². The Hall–Kier alpha value is -3.63. The molecule has 0 spiro atoms. The number of ether oxygens (including phenoxy) is 3. The molecule has 1 amide bonds. The first-order chi connectivity index (χ1) is 17.1. The lowest BCUT2D eigenvalue weighted by atomic mass is 10.2. The van der Waals surface area contributed by atoms with Crippen molar-refractivity contribution in [2.24, 2.45) is 0 Å². The number of benzene rings is 1. The molecule has 1 aromatic carbocycles. The number of nitrogens with zero attached hydrogens (tertiary/aromatic N) is 2. The second kappa shape index (κ2) is 10.5. The largest absolute Gasteiger partial charge is 0.458 e. The predicted molar refractivity (Wildman–Crippen MR) is 137 cm³/mol. The molecule has 10 heteroatoms. The number of hydrogen-bond donors (Lipinski definition) is 1. The molecule has 0 atom stereocenters. The van der Waals surface area contributed by atoms with Crippen LogP contribution in [0.5, 0.6) is 11.5 Å². The molecule has 0 aliphatic carbocycles. The summed E-state index contributed by atoms with van der Waals surface area (Å²) in [7, 11) is 1.58. The fraction of sp³-hybridized carbons (Fsp3) is 0.308. The highest BCUT2D eigenvalue weighted by molar-refractivity contribution is 7.22. The van der Waals surface area contributed by atoms with Crippen LogP contribution in [0.3, 0.4) is 0 Å². The third-order valence-electron chi connectivity index (χ3n) is 5.02. The zero-order chi connectivity index (χ0) is 25.9. The number of halogens is 1. The Kier molecular flexibility index (Phi) is 7.46. The van der Waals surface area contributed by atoms with Crippen LogP contribution in [0.25, 0.3) is 20.9 Å². The maximum atomic E-state index is 14.3. The van der Waals surface area contributed by atoms with E-state index >= 15 is 0 Å². The molecule has 4 rings (SSSR count). The second-order valence-electron chi connectivity index (χ2n) is 9.09. The fourth-order valence-corrected chi connectivity index (χ4v) is 4.41. The summed E-state index contributed by atoms with van der Waals surface area (Å²) in [4.78, 5) is 19.4. The normalized spacial score (nSPS) is 11.6. The van der Waals surface area contributed by atoms with Gasteiger partial charge >= 0.3 is 6.09 Å². The summed E-state index contributed by atoms with van der Waals surface area (Å²) in [5, 5.41) is 0. The molecule has 0 aliphatic heterocycles. The van der Waals surface area contributed by atoms with E-state index in [4.69, 9.17) is 24.4 Å². The highest BCUT2D eigenvalue weighted by atomic mass is 32.1. The van der Waals surface area contributed by atoms with E-state index in [0.29, 0.717) is 41.6 Å². The van der Waals surface area contributed by atoms with Crippen LogP contribution in [0.1, 0.15) is 26.5 Å². The SMILES string of the molecule is COCCN(Cc1ccc(-c2cc3nccc(Oc4ccc(N)cc4F)c3s2)o1)C(=O)OC(C)(C)C. The number of nitrogens with two attached hydrogens (primary N) is 1. The van der Waals surface area contributed by atoms with Gasteiger partial charge in [-0.15, -0.1) is 11.3 Å².